The van der Waals surface area contributed by atoms with Crippen LogP contribution in [0.2, 0.25) is 0 Å². The van der Waals surface area contributed by atoms with Crippen molar-refractivity contribution < 1.29 is 19.1 Å². The summed E-state index contributed by atoms with van der Waals surface area (Å²) in [5.41, 5.74) is 0. The molecule has 1 aliphatic carbocycles. The summed E-state index contributed by atoms with van der Waals surface area (Å²) >= 11 is 0. The number of carbonyl (C=O) groups excluding carboxylic acids is 2. The maximum atomic E-state index is 12.7. The molecule has 0 aromatic carbocycles. The third-order valence-corrected chi connectivity index (χ3v) is 6.58. The molecule has 0 radical (unpaired) electrons. The van der Waals surface area contributed by atoms with Crippen molar-refractivity contribution in [2.75, 3.05) is 13.2 Å². The molecule has 0 bridgehead atoms. The molecule has 1 N–H and O–H groups in total. The maximum absolute atomic E-state index is 12.7. The normalized spacial score (nSPS) is 15.3. The summed E-state index contributed by atoms with van der Waals surface area (Å²) in [6, 6.07) is -0.568. The molecule has 0 spiro atoms. The van der Waals surface area contributed by atoms with Gasteiger partial charge in [-0.05, 0) is 31.6 Å². The van der Waals surface area contributed by atoms with Gasteiger partial charge in [0.25, 0.3) is 0 Å². The van der Waals surface area contributed by atoms with E-state index in [1.165, 1.54) is 77.0 Å². The van der Waals surface area contributed by atoms with Crippen LogP contribution in [0.5, 0.6) is 0 Å². The van der Waals surface area contributed by atoms with Gasteiger partial charge in [0, 0.05) is 0 Å². The molecule has 1 saturated carbocycles. The van der Waals surface area contributed by atoms with Crippen molar-refractivity contribution >= 4 is 12.1 Å². The molecule has 1 rings (SSSR count). The lowest BCUT2D eigenvalue weighted by molar-refractivity contribution is -0.148. The van der Waals surface area contributed by atoms with Crippen molar-refractivity contribution in [3.63, 3.8) is 0 Å². The minimum Gasteiger partial charge on any atom is -0.464 e. The summed E-state index contributed by atoms with van der Waals surface area (Å²) in [4.78, 5) is 24.7. The Labute approximate surface area is 197 Å². The van der Waals surface area contributed by atoms with Crippen LogP contribution in [0, 0.1) is 5.92 Å². The molecule has 1 aliphatic rings. The predicted octanol–water partition coefficient (Wildman–Crippen LogP) is 7.71. The van der Waals surface area contributed by atoms with Gasteiger partial charge in [-0.1, -0.05) is 110 Å². The van der Waals surface area contributed by atoms with Crippen LogP contribution in [-0.4, -0.2) is 31.3 Å². The Morgan fingerprint density at radius 3 is 1.75 bits per heavy atom. The average molecular weight is 454 g/mol. The van der Waals surface area contributed by atoms with E-state index in [9.17, 15) is 9.59 Å². The number of rotatable bonds is 19. The first kappa shape index (κ1) is 28.8. The second kappa shape index (κ2) is 20.4. The van der Waals surface area contributed by atoms with Crippen LogP contribution in [0.3, 0.4) is 0 Å². The zero-order valence-electron chi connectivity index (χ0n) is 21.1. The van der Waals surface area contributed by atoms with E-state index < -0.39 is 12.1 Å². The molecule has 1 unspecified atom stereocenters. The van der Waals surface area contributed by atoms with E-state index in [2.05, 4.69) is 12.2 Å². The monoisotopic (exact) mass is 453 g/mol. The Morgan fingerprint density at radius 2 is 1.22 bits per heavy atom. The number of nitrogens with one attached hydrogen (secondary N) is 1. The van der Waals surface area contributed by atoms with Crippen LogP contribution in [0.25, 0.3) is 0 Å². The summed E-state index contributed by atoms with van der Waals surface area (Å²) in [5, 5.41) is 2.79. The highest BCUT2D eigenvalue weighted by Gasteiger charge is 2.32. The van der Waals surface area contributed by atoms with Gasteiger partial charge in [-0.15, -0.1) is 0 Å². The van der Waals surface area contributed by atoms with Crippen molar-refractivity contribution in [1.82, 2.24) is 5.32 Å². The number of hydrogen-bond donors (Lipinski definition) is 1. The fourth-order valence-electron chi connectivity index (χ4n) is 4.58. The first-order valence-corrected chi connectivity index (χ1v) is 13.8. The SMILES string of the molecule is CCCCCCCCCCCCCCCOC(=O)C(NC(=O)OCCC)C1CCCCC1. The molecule has 1 fully saturated rings. The van der Waals surface area contributed by atoms with Crippen LogP contribution in [0.1, 0.15) is 136 Å². The molecular weight excluding hydrogens is 402 g/mol. The Balaban J connectivity index is 2.10. The van der Waals surface area contributed by atoms with Crippen molar-refractivity contribution in [1.29, 1.82) is 0 Å². The minimum absolute atomic E-state index is 0.164. The molecule has 1 amide bonds. The fraction of sp³-hybridized carbons (Fsp3) is 0.926. The van der Waals surface area contributed by atoms with Crippen LogP contribution in [-0.2, 0) is 14.3 Å². The predicted molar refractivity (Wildman–Crippen MR) is 132 cm³/mol. The highest BCUT2D eigenvalue weighted by atomic mass is 16.6. The van der Waals surface area contributed by atoms with E-state index >= 15 is 0 Å². The molecule has 188 valence electrons. The molecule has 0 aliphatic heterocycles. The summed E-state index contributed by atoms with van der Waals surface area (Å²) < 4.78 is 10.7. The number of unbranched alkanes of at least 4 members (excludes halogenated alkanes) is 12. The van der Waals surface area contributed by atoms with Crippen LogP contribution in [0.4, 0.5) is 4.79 Å². The highest BCUT2D eigenvalue weighted by Crippen LogP contribution is 2.27. The number of carbonyl (C=O) groups is 2. The smallest absolute Gasteiger partial charge is 0.407 e. The first-order chi connectivity index (χ1) is 15.7. The topological polar surface area (TPSA) is 64.6 Å². The van der Waals surface area contributed by atoms with Gasteiger partial charge in [0.1, 0.15) is 6.04 Å². The van der Waals surface area contributed by atoms with E-state index in [-0.39, 0.29) is 11.9 Å². The lowest BCUT2D eigenvalue weighted by atomic mass is 9.84. The lowest BCUT2D eigenvalue weighted by Crippen LogP contribution is -2.47. The third-order valence-electron chi connectivity index (χ3n) is 6.58. The quantitative estimate of drug-likeness (QED) is 0.161. The lowest BCUT2D eigenvalue weighted by Gasteiger charge is -2.29. The molecule has 0 aromatic rings. The molecule has 0 heterocycles. The molecule has 0 aromatic heterocycles. The molecule has 5 heteroatoms. The standard InChI is InChI=1S/C27H51NO4/c1-3-5-6-7-8-9-10-11-12-13-14-15-19-23-31-26(29)25(24-20-17-16-18-21-24)28-27(30)32-22-4-2/h24-25H,3-23H2,1-2H3,(H,28,30). The van der Waals surface area contributed by atoms with E-state index in [0.717, 1.165) is 44.9 Å². The van der Waals surface area contributed by atoms with E-state index in [1.54, 1.807) is 0 Å². The van der Waals surface area contributed by atoms with Crippen LogP contribution >= 0.6 is 0 Å². The molecular formula is C27H51NO4. The maximum Gasteiger partial charge on any atom is 0.407 e. The minimum atomic E-state index is -0.568. The van der Waals surface area contributed by atoms with E-state index in [4.69, 9.17) is 9.47 Å². The van der Waals surface area contributed by atoms with E-state index in [1.807, 2.05) is 6.92 Å². The van der Waals surface area contributed by atoms with Crippen LogP contribution < -0.4 is 5.32 Å². The average Bonchev–Trinajstić information content (AvgIpc) is 2.81. The number of ether oxygens (including phenoxy) is 2. The fourth-order valence-corrected chi connectivity index (χ4v) is 4.58. The second-order valence-corrected chi connectivity index (χ2v) is 9.57. The number of esters is 1. The Morgan fingerprint density at radius 1 is 0.688 bits per heavy atom. The van der Waals surface area contributed by atoms with Crippen molar-refractivity contribution in [2.45, 2.75) is 142 Å². The zero-order valence-corrected chi connectivity index (χ0v) is 21.1. The van der Waals surface area contributed by atoms with Crippen molar-refractivity contribution in [3.05, 3.63) is 0 Å². The van der Waals surface area contributed by atoms with Crippen LogP contribution in [0.15, 0.2) is 0 Å². The van der Waals surface area contributed by atoms with Gasteiger partial charge in [-0.2, -0.15) is 0 Å². The second-order valence-electron chi connectivity index (χ2n) is 9.57. The van der Waals surface area contributed by atoms with Gasteiger partial charge in [0.2, 0.25) is 0 Å². The van der Waals surface area contributed by atoms with Gasteiger partial charge in [0.15, 0.2) is 0 Å². The van der Waals surface area contributed by atoms with Crippen molar-refractivity contribution in [2.24, 2.45) is 5.92 Å². The molecule has 5 nitrogen and oxygen atoms in total. The summed E-state index contributed by atoms with van der Waals surface area (Å²) in [6.45, 7) is 5.04. The Bertz CT molecular complexity index is 463. The number of alkyl carbamates (subject to hydrolysis) is 1. The Hall–Kier alpha value is -1.26. The summed E-state index contributed by atoms with van der Waals surface area (Å²) in [7, 11) is 0. The summed E-state index contributed by atoms with van der Waals surface area (Å²) in [5.74, 6) is -0.124. The largest absolute Gasteiger partial charge is 0.464 e. The molecule has 32 heavy (non-hydrogen) atoms. The first-order valence-electron chi connectivity index (χ1n) is 13.8. The van der Waals surface area contributed by atoms with Crippen molar-refractivity contribution in [3.8, 4) is 0 Å². The number of hydrogen-bond acceptors (Lipinski definition) is 4. The third kappa shape index (κ3) is 14.7. The molecule has 0 saturated heterocycles. The molecule has 1 atom stereocenters. The highest BCUT2D eigenvalue weighted by molar-refractivity contribution is 5.81. The number of amides is 1. The van der Waals surface area contributed by atoms with Gasteiger partial charge < -0.3 is 14.8 Å². The van der Waals surface area contributed by atoms with Gasteiger partial charge in [-0.3, -0.25) is 0 Å². The zero-order chi connectivity index (χ0) is 23.3. The van der Waals surface area contributed by atoms with Gasteiger partial charge >= 0.3 is 12.1 Å². The summed E-state index contributed by atoms with van der Waals surface area (Å²) in [6.07, 6.45) is 22.5. The van der Waals surface area contributed by atoms with E-state index in [0.29, 0.717) is 13.2 Å². The Kier molecular flexibility index (Phi) is 18.3. The van der Waals surface area contributed by atoms with Gasteiger partial charge in [0.05, 0.1) is 13.2 Å². The van der Waals surface area contributed by atoms with Gasteiger partial charge in [-0.25, -0.2) is 9.59 Å².